The molecule has 2 heteroatoms. The molecular weight excluding hydrogens is 285 g/mol. The number of benzene rings is 3. The third-order valence-corrected chi connectivity index (χ3v) is 3.94. The quantitative estimate of drug-likeness (QED) is 0.462. The number of nitrogens with zero attached hydrogens (tertiary/aromatic N) is 1. The van der Waals surface area contributed by atoms with Crippen LogP contribution in [0.4, 0.5) is 4.39 Å². The van der Waals surface area contributed by atoms with E-state index in [1.165, 1.54) is 6.07 Å². The second-order valence-electron chi connectivity index (χ2n) is 5.42. The van der Waals surface area contributed by atoms with Crippen molar-refractivity contribution in [2.45, 2.75) is 0 Å². The summed E-state index contributed by atoms with van der Waals surface area (Å²) in [5.41, 5.74) is 3.55. The normalized spacial score (nSPS) is 10.8. The SMILES string of the molecule is Fc1cccc2c(-c3ccccc3)nc(-c3ccccc3)cc12. The molecule has 1 aromatic heterocycles. The molecule has 0 radical (unpaired) electrons. The van der Waals surface area contributed by atoms with Crippen molar-refractivity contribution in [1.29, 1.82) is 0 Å². The van der Waals surface area contributed by atoms with Crippen LogP contribution in [0.1, 0.15) is 0 Å². The van der Waals surface area contributed by atoms with Gasteiger partial charge >= 0.3 is 0 Å². The minimum Gasteiger partial charge on any atom is -0.247 e. The molecule has 0 amide bonds. The maximum absolute atomic E-state index is 14.3. The van der Waals surface area contributed by atoms with E-state index in [1.807, 2.05) is 72.8 Å². The molecule has 0 unspecified atom stereocenters. The van der Waals surface area contributed by atoms with Gasteiger partial charge in [-0.25, -0.2) is 9.37 Å². The molecular formula is C21H14FN. The Balaban J connectivity index is 2.06. The zero-order valence-electron chi connectivity index (χ0n) is 12.4. The summed E-state index contributed by atoms with van der Waals surface area (Å²) in [6.45, 7) is 0. The predicted molar refractivity (Wildman–Crippen MR) is 92.6 cm³/mol. The summed E-state index contributed by atoms with van der Waals surface area (Å²) in [6.07, 6.45) is 0. The Morgan fingerprint density at radius 3 is 1.96 bits per heavy atom. The number of pyridine rings is 1. The van der Waals surface area contributed by atoms with Gasteiger partial charge in [0.1, 0.15) is 5.82 Å². The minimum absolute atomic E-state index is 0.223. The Bertz CT molecular complexity index is 963. The zero-order chi connectivity index (χ0) is 15.6. The predicted octanol–water partition coefficient (Wildman–Crippen LogP) is 5.71. The summed E-state index contributed by atoms with van der Waals surface area (Å²) in [5.74, 6) is -0.223. The number of aromatic nitrogens is 1. The minimum atomic E-state index is -0.223. The highest BCUT2D eigenvalue weighted by Gasteiger charge is 2.11. The summed E-state index contributed by atoms with van der Waals surface area (Å²) in [5, 5.41) is 1.43. The van der Waals surface area contributed by atoms with Gasteiger partial charge in [0.25, 0.3) is 0 Å². The summed E-state index contributed by atoms with van der Waals surface area (Å²) in [4.78, 5) is 4.82. The highest BCUT2D eigenvalue weighted by molar-refractivity contribution is 5.97. The highest BCUT2D eigenvalue weighted by atomic mass is 19.1. The van der Waals surface area contributed by atoms with E-state index in [0.29, 0.717) is 5.39 Å². The van der Waals surface area contributed by atoms with Crippen LogP contribution in [0.5, 0.6) is 0 Å². The number of rotatable bonds is 2. The first-order valence-corrected chi connectivity index (χ1v) is 7.53. The molecule has 0 aliphatic rings. The largest absolute Gasteiger partial charge is 0.247 e. The molecule has 0 saturated carbocycles. The second kappa shape index (κ2) is 5.65. The molecule has 3 aromatic carbocycles. The van der Waals surface area contributed by atoms with Gasteiger partial charge in [-0.1, -0.05) is 72.8 Å². The lowest BCUT2D eigenvalue weighted by Crippen LogP contribution is -1.92. The van der Waals surface area contributed by atoms with Gasteiger partial charge in [-0.15, -0.1) is 0 Å². The van der Waals surface area contributed by atoms with Crippen molar-refractivity contribution in [3.8, 4) is 22.5 Å². The monoisotopic (exact) mass is 299 g/mol. The van der Waals surface area contributed by atoms with Gasteiger partial charge in [0.15, 0.2) is 0 Å². The number of fused-ring (bicyclic) bond motifs is 1. The fourth-order valence-corrected chi connectivity index (χ4v) is 2.81. The standard InChI is InChI=1S/C21H14FN/c22-19-13-7-12-17-18(19)14-20(15-8-3-1-4-9-15)23-21(17)16-10-5-2-6-11-16/h1-14H. The molecule has 110 valence electrons. The molecule has 0 spiro atoms. The molecule has 0 bridgehead atoms. The summed E-state index contributed by atoms with van der Waals surface area (Å²) in [7, 11) is 0. The van der Waals surface area contributed by atoms with Gasteiger partial charge in [0.05, 0.1) is 11.4 Å². The van der Waals surface area contributed by atoms with Crippen LogP contribution in [0, 0.1) is 5.82 Å². The van der Waals surface area contributed by atoms with Crippen LogP contribution in [0.15, 0.2) is 84.9 Å². The third kappa shape index (κ3) is 2.49. The Labute approximate surface area is 134 Å². The van der Waals surface area contributed by atoms with Crippen LogP contribution in [-0.4, -0.2) is 4.98 Å². The first-order chi connectivity index (χ1) is 11.3. The van der Waals surface area contributed by atoms with Crippen LogP contribution in [-0.2, 0) is 0 Å². The molecule has 1 nitrogen and oxygen atoms in total. The Morgan fingerprint density at radius 2 is 1.26 bits per heavy atom. The molecule has 0 saturated heterocycles. The molecule has 0 aliphatic carbocycles. The Kier molecular flexibility index (Phi) is 3.35. The van der Waals surface area contributed by atoms with E-state index in [0.717, 1.165) is 27.9 Å². The fraction of sp³-hybridized carbons (Fsp3) is 0. The van der Waals surface area contributed by atoms with Crippen molar-refractivity contribution in [3.05, 3.63) is 90.7 Å². The number of hydrogen-bond donors (Lipinski definition) is 0. The molecule has 4 aromatic rings. The molecule has 4 rings (SSSR count). The van der Waals surface area contributed by atoms with Gasteiger partial charge in [-0.2, -0.15) is 0 Å². The molecule has 23 heavy (non-hydrogen) atoms. The third-order valence-electron chi connectivity index (χ3n) is 3.94. The average molecular weight is 299 g/mol. The van der Waals surface area contributed by atoms with Crippen LogP contribution in [0.25, 0.3) is 33.3 Å². The van der Waals surface area contributed by atoms with Gasteiger partial charge in [0, 0.05) is 21.9 Å². The molecule has 0 aliphatic heterocycles. The van der Waals surface area contributed by atoms with Crippen LogP contribution >= 0.6 is 0 Å². The van der Waals surface area contributed by atoms with Crippen LogP contribution in [0.3, 0.4) is 0 Å². The zero-order valence-corrected chi connectivity index (χ0v) is 12.4. The summed E-state index contributed by atoms with van der Waals surface area (Å²) in [6, 6.07) is 26.7. The maximum Gasteiger partial charge on any atom is 0.131 e. The molecule has 0 N–H and O–H groups in total. The first kappa shape index (κ1) is 13.6. The topological polar surface area (TPSA) is 12.9 Å². The van der Waals surface area contributed by atoms with E-state index in [9.17, 15) is 4.39 Å². The fourth-order valence-electron chi connectivity index (χ4n) is 2.81. The number of hydrogen-bond acceptors (Lipinski definition) is 1. The van der Waals surface area contributed by atoms with E-state index in [2.05, 4.69) is 0 Å². The molecule has 1 heterocycles. The van der Waals surface area contributed by atoms with E-state index in [4.69, 9.17) is 4.98 Å². The number of halogens is 1. The lowest BCUT2D eigenvalue weighted by Gasteiger charge is -2.10. The Morgan fingerprint density at radius 1 is 0.609 bits per heavy atom. The van der Waals surface area contributed by atoms with Crippen molar-refractivity contribution in [2.24, 2.45) is 0 Å². The molecule has 0 fully saturated rings. The van der Waals surface area contributed by atoms with Gasteiger partial charge in [-0.3, -0.25) is 0 Å². The first-order valence-electron chi connectivity index (χ1n) is 7.53. The van der Waals surface area contributed by atoms with Crippen LogP contribution < -0.4 is 0 Å². The molecule has 0 atom stereocenters. The van der Waals surface area contributed by atoms with Crippen molar-refractivity contribution < 1.29 is 4.39 Å². The van der Waals surface area contributed by atoms with Crippen molar-refractivity contribution in [2.75, 3.05) is 0 Å². The van der Waals surface area contributed by atoms with Crippen molar-refractivity contribution >= 4 is 10.8 Å². The maximum atomic E-state index is 14.3. The lowest BCUT2D eigenvalue weighted by atomic mass is 10.0. The van der Waals surface area contributed by atoms with Gasteiger partial charge in [-0.05, 0) is 12.1 Å². The van der Waals surface area contributed by atoms with Crippen LogP contribution in [0.2, 0.25) is 0 Å². The lowest BCUT2D eigenvalue weighted by molar-refractivity contribution is 0.640. The highest BCUT2D eigenvalue weighted by Crippen LogP contribution is 2.32. The smallest absolute Gasteiger partial charge is 0.131 e. The average Bonchev–Trinajstić information content (AvgIpc) is 2.63. The van der Waals surface area contributed by atoms with Gasteiger partial charge < -0.3 is 0 Å². The van der Waals surface area contributed by atoms with E-state index < -0.39 is 0 Å². The van der Waals surface area contributed by atoms with Crippen molar-refractivity contribution in [3.63, 3.8) is 0 Å². The van der Waals surface area contributed by atoms with Crippen molar-refractivity contribution in [1.82, 2.24) is 4.98 Å². The second-order valence-corrected chi connectivity index (χ2v) is 5.42. The van der Waals surface area contributed by atoms with E-state index in [-0.39, 0.29) is 5.82 Å². The summed E-state index contributed by atoms with van der Waals surface area (Å²) >= 11 is 0. The Hall–Kier alpha value is -3.00. The van der Waals surface area contributed by atoms with Gasteiger partial charge in [0.2, 0.25) is 0 Å². The van der Waals surface area contributed by atoms with E-state index >= 15 is 0 Å². The summed E-state index contributed by atoms with van der Waals surface area (Å²) < 4.78 is 14.3. The van der Waals surface area contributed by atoms with E-state index in [1.54, 1.807) is 6.07 Å².